The largest absolute Gasteiger partial charge is 0.496 e. The molecule has 1 aliphatic rings. The van der Waals surface area contributed by atoms with Crippen molar-refractivity contribution in [1.29, 1.82) is 0 Å². The van der Waals surface area contributed by atoms with Crippen molar-refractivity contribution in [2.24, 2.45) is 4.99 Å². The number of methoxy groups -OCH3 is 3. The summed E-state index contributed by atoms with van der Waals surface area (Å²) in [7, 11) is 6.76. The third-order valence-electron chi connectivity index (χ3n) is 5.50. The number of hydrogen-bond acceptors (Lipinski definition) is 6. The maximum absolute atomic E-state index is 5.67. The van der Waals surface area contributed by atoms with E-state index >= 15 is 0 Å². The SMILES string of the molecule is CN=C(NCCc1c(OC)cc(OC)cc1OC)NC1CCN(CCOC(C)C)CC1. The summed E-state index contributed by atoms with van der Waals surface area (Å²) in [5.74, 6) is 3.06. The summed E-state index contributed by atoms with van der Waals surface area (Å²) in [4.78, 5) is 6.86. The molecule has 1 aromatic rings. The van der Waals surface area contributed by atoms with Crippen molar-refractivity contribution in [3.8, 4) is 17.2 Å². The van der Waals surface area contributed by atoms with Crippen molar-refractivity contribution in [3.63, 3.8) is 0 Å². The first-order valence-electron chi connectivity index (χ1n) is 11.1. The van der Waals surface area contributed by atoms with E-state index in [9.17, 15) is 0 Å². The number of ether oxygens (including phenoxy) is 4. The molecule has 1 heterocycles. The molecule has 0 radical (unpaired) electrons. The maximum atomic E-state index is 5.67. The molecule has 2 rings (SSSR count). The lowest BCUT2D eigenvalue weighted by Gasteiger charge is -2.33. The minimum absolute atomic E-state index is 0.298. The highest BCUT2D eigenvalue weighted by Gasteiger charge is 2.20. The molecule has 31 heavy (non-hydrogen) atoms. The van der Waals surface area contributed by atoms with Crippen LogP contribution < -0.4 is 24.8 Å². The quantitative estimate of drug-likeness (QED) is 0.407. The molecule has 1 fully saturated rings. The van der Waals surface area contributed by atoms with Gasteiger partial charge in [0.1, 0.15) is 17.2 Å². The molecule has 8 nitrogen and oxygen atoms in total. The van der Waals surface area contributed by atoms with E-state index in [1.54, 1.807) is 21.3 Å². The van der Waals surface area contributed by atoms with Gasteiger partial charge in [0.25, 0.3) is 0 Å². The Kier molecular flexibility index (Phi) is 10.7. The summed E-state index contributed by atoms with van der Waals surface area (Å²) in [6, 6.07) is 4.19. The summed E-state index contributed by atoms with van der Waals surface area (Å²) in [6.45, 7) is 8.84. The second kappa shape index (κ2) is 13.3. The van der Waals surface area contributed by atoms with Crippen LogP contribution in [-0.4, -0.2) is 84.2 Å². The summed E-state index contributed by atoms with van der Waals surface area (Å²) >= 11 is 0. The number of nitrogens with one attached hydrogen (secondary N) is 2. The van der Waals surface area contributed by atoms with Crippen molar-refractivity contribution < 1.29 is 18.9 Å². The van der Waals surface area contributed by atoms with Crippen molar-refractivity contribution in [2.45, 2.75) is 45.3 Å². The first-order valence-corrected chi connectivity index (χ1v) is 11.1. The normalized spacial score (nSPS) is 15.8. The average molecular weight is 437 g/mol. The lowest BCUT2D eigenvalue weighted by molar-refractivity contribution is 0.0532. The fourth-order valence-corrected chi connectivity index (χ4v) is 3.74. The van der Waals surface area contributed by atoms with Crippen LogP contribution >= 0.6 is 0 Å². The second-order valence-electron chi connectivity index (χ2n) is 7.94. The molecule has 176 valence electrons. The Balaban J connectivity index is 1.80. The van der Waals surface area contributed by atoms with Gasteiger partial charge >= 0.3 is 0 Å². The molecule has 8 heteroatoms. The van der Waals surface area contributed by atoms with Crippen LogP contribution in [0, 0.1) is 0 Å². The summed E-state index contributed by atoms with van der Waals surface area (Å²) in [5, 5.41) is 6.98. The molecular weight excluding hydrogens is 396 g/mol. The van der Waals surface area contributed by atoms with E-state index in [0.29, 0.717) is 24.4 Å². The van der Waals surface area contributed by atoms with Crippen molar-refractivity contribution in [1.82, 2.24) is 15.5 Å². The molecule has 1 saturated heterocycles. The smallest absolute Gasteiger partial charge is 0.191 e. The van der Waals surface area contributed by atoms with Crippen molar-refractivity contribution in [3.05, 3.63) is 17.7 Å². The van der Waals surface area contributed by atoms with Crippen molar-refractivity contribution in [2.75, 3.05) is 61.2 Å². The standard InChI is InChI=1S/C23H40N4O4/c1-17(2)31-14-13-27-11-8-18(9-12-27)26-23(24-3)25-10-7-20-21(29-5)15-19(28-4)16-22(20)30-6/h15-18H,7-14H2,1-6H3,(H2,24,25,26). The van der Waals surface area contributed by atoms with Crippen LogP contribution in [-0.2, 0) is 11.2 Å². The molecule has 0 spiro atoms. The predicted molar refractivity (Wildman–Crippen MR) is 125 cm³/mol. The lowest BCUT2D eigenvalue weighted by Crippen LogP contribution is -2.49. The fraction of sp³-hybridized carbons (Fsp3) is 0.696. The van der Waals surface area contributed by atoms with Crippen LogP contribution in [0.15, 0.2) is 17.1 Å². The number of piperidine rings is 1. The molecule has 0 amide bonds. The van der Waals surface area contributed by atoms with Crippen LogP contribution in [0.2, 0.25) is 0 Å². The van der Waals surface area contributed by atoms with Gasteiger partial charge in [-0.2, -0.15) is 0 Å². The molecule has 1 aromatic carbocycles. The molecule has 0 bridgehead atoms. The van der Waals surface area contributed by atoms with Crippen LogP contribution in [0.4, 0.5) is 0 Å². The monoisotopic (exact) mass is 436 g/mol. The van der Waals surface area contributed by atoms with E-state index in [4.69, 9.17) is 18.9 Å². The number of hydrogen-bond donors (Lipinski definition) is 2. The molecule has 2 N–H and O–H groups in total. The molecule has 0 unspecified atom stereocenters. The van der Waals surface area contributed by atoms with Gasteiger partial charge in [0.05, 0.1) is 34.0 Å². The van der Waals surface area contributed by atoms with Gasteiger partial charge in [0.15, 0.2) is 5.96 Å². The van der Waals surface area contributed by atoms with Crippen LogP contribution in [0.1, 0.15) is 32.3 Å². The Bertz CT molecular complexity index is 663. The number of likely N-dealkylation sites (tertiary alicyclic amines) is 1. The van der Waals surface area contributed by atoms with E-state index < -0.39 is 0 Å². The third-order valence-corrected chi connectivity index (χ3v) is 5.50. The second-order valence-corrected chi connectivity index (χ2v) is 7.94. The Morgan fingerprint density at radius 1 is 1.10 bits per heavy atom. The van der Waals surface area contributed by atoms with Crippen LogP contribution in [0.25, 0.3) is 0 Å². The molecule has 0 aromatic heterocycles. The van der Waals surface area contributed by atoms with Gasteiger partial charge in [-0.3, -0.25) is 4.99 Å². The maximum Gasteiger partial charge on any atom is 0.191 e. The minimum atomic E-state index is 0.298. The van der Waals surface area contributed by atoms with Gasteiger partial charge in [-0.25, -0.2) is 0 Å². The fourth-order valence-electron chi connectivity index (χ4n) is 3.74. The van der Waals surface area contributed by atoms with Gasteiger partial charge in [0, 0.05) is 57.0 Å². The third kappa shape index (κ3) is 8.10. The molecular formula is C23H40N4O4. The molecule has 0 aliphatic carbocycles. The van der Waals surface area contributed by atoms with Gasteiger partial charge in [0.2, 0.25) is 0 Å². The Morgan fingerprint density at radius 2 is 1.74 bits per heavy atom. The van der Waals surface area contributed by atoms with Crippen molar-refractivity contribution >= 4 is 5.96 Å². The minimum Gasteiger partial charge on any atom is -0.496 e. The van der Waals surface area contributed by atoms with E-state index in [2.05, 4.69) is 34.4 Å². The Labute approximate surface area is 187 Å². The first kappa shape index (κ1) is 25.1. The van der Waals surface area contributed by atoms with E-state index in [-0.39, 0.29) is 0 Å². The van der Waals surface area contributed by atoms with E-state index in [1.165, 1.54) is 0 Å². The summed E-state index contributed by atoms with van der Waals surface area (Å²) in [5.41, 5.74) is 1.01. The summed E-state index contributed by atoms with van der Waals surface area (Å²) in [6.07, 6.45) is 3.24. The first-order chi connectivity index (χ1) is 15.0. The Morgan fingerprint density at radius 3 is 2.26 bits per heavy atom. The number of rotatable bonds is 11. The van der Waals surface area contributed by atoms with Crippen LogP contribution in [0.3, 0.4) is 0 Å². The number of benzene rings is 1. The summed E-state index contributed by atoms with van der Waals surface area (Å²) < 4.78 is 22.1. The number of nitrogens with zero attached hydrogens (tertiary/aromatic N) is 2. The number of aliphatic imine (C=N–C) groups is 1. The average Bonchev–Trinajstić information content (AvgIpc) is 2.78. The highest BCUT2D eigenvalue weighted by Crippen LogP contribution is 2.34. The zero-order valence-electron chi connectivity index (χ0n) is 20.0. The van der Waals surface area contributed by atoms with Gasteiger partial charge in [-0.1, -0.05) is 0 Å². The zero-order valence-corrected chi connectivity index (χ0v) is 20.0. The topological polar surface area (TPSA) is 76.6 Å². The molecule has 0 atom stereocenters. The molecule has 1 aliphatic heterocycles. The zero-order chi connectivity index (χ0) is 22.6. The highest BCUT2D eigenvalue weighted by atomic mass is 16.5. The van der Waals surface area contributed by atoms with Gasteiger partial charge < -0.3 is 34.5 Å². The molecule has 0 saturated carbocycles. The van der Waals surface area contributed by atoms with E-state index in [1.807, 2.05) is 19.2 Å². The van der Waals surface area contributed by atoms with Crippen LogP contribution in [0.5, 0.6) is 17.2 Å². The van der Waals surface area contributed by atoms with Gasteiger partial charge in [-0.15, -0.1) is 0 Å². The van der Waals surface area contributed by atoms with Gasteiger partial charge in [-0.05, 0) is 33.1 Å². The number of guanidine groups is 1. The predicted octanol–water partition coefficient (Wildman–Crippen LogP) is 2.31. The highest BCUT2D eigenvalue weighted by molar-refractivity contribution is 5.80. The Hall–Kier alpha value is -2.19. The lowest BCUT2D eigenvalue weighted by atomic mass is 10.1. The van der Waals surface area contributed by atoms with E-state index in [0.717, 1.165) is 68.5 Å².